The second kappa shape index (κ2) is 3.81. The Kier molecular flexibility index (Phi) is 2.65. The Morgan fingerprint density at radius 2 is 2.07 bits per heavy atom. The van der Waals surface area contributed by atoms with Crippen molar-refractivity contribution in [1.82, 2.24) is 14.6 Å². The van der Waals surface area contributed by atoms with Crippen LogP contribution in [0.1, 0.15) is 30.8 Å². The average molecular weight is 224 g/mol. The Labute approximate surface area is 94.1 Å². The minimum atomic E-state index is 0.694. The van der Waals surface area contributed by atoms with E-state index in [9.17, 15) is 0 Å². The molecule has 3 nitrogen and oxygen atoms in total. The minimum Gasteiger partial charge on any atom is -0.233 e. The number of aryl methyl sites for hydroxylation is 2. The van der Waals surface area contributed by atoms with Crippen molar-refractivity contribution < 1.29 is 0 Å². The van der Waals surface area contributed by atoms with E-state index < -0.39 is 0 Å². The lowest BCUT2D eigenvalue weighted by atomic mass is 10.2. The van der Waals surface area contributed by atoms with Crippen molar-refractivity contribution in [2.75, 3.05) is 0 Å². The smallest absolute Gasteiger partial charge is 0.157 e. The summed E-state index contributed by atoms with van der Waals surface area (Å²) in [4.78, 5) is 4.49. The third-order valence-electron chi connectivity index (χ3n) is 2.61. The van der Waals surface area contributed by atoms with Crippen LogP contribution in [0.15, 0.2) is 6.07 Å². The fraction of sp³-hybridized carbons (Fsp3) is 0.455. The van der Waals surface area contributed by atoms with E-state index in [0.717, 1.165) is 35.4 Å². The van der Waals surface area contributed by atoms with Crippen molar-refractivity contribution >= 4 is 17.2 Å². The van der Waals surface area contributed by atoms with E-state index in [1.54, 1.807) is 4.52 Å². The maximum Gasteiger partial charge on any atom is 0.157 e. The first kappa shape index (κ1) is 10.4. The molecule has 0 N–H and O–H groups in total. The molecule has 15 heavy (non-hydrogen) atoms. The highest BCUT2D eigenvalue weighted by Gasteiger charge is 2.11. The number of aromatic nitrogens is 3. The van der Waals surface area contributed by atoms with Crippen molar-refractivity contribution in [2.45, 2.75) is 33.6 Å². The third kappa shape index (κ3) is 1.61. The van der Waals surface area contributed by atoms with Crippen molar-refractivity contribution in [3.63, 3.8) is 0 Å². The molecule has 2 aromatic rings. The first-order chi connectivity index (χ1) is 7.17. The molecule has 4 heteroatoms. The van der Waals surface area contributed by atoms with Gasteiger partial charge in [0, 0.05) is 17.3 Å². The second-order valence-electron chi connectivity index (χ2n) is 3.58. The maximum absolute atomic E-state index is 6.28. The summed E-state index contributed by atoms with van der Waals surface area (Å²) in [6, 6.07) is 1.98. The van der Waals surface area contributed by atoms with Crippen LogP contribution in [-0.2, 0) is 12.8 Å². The highest BCUT2D eigenvalue weighted by atomic mass is 35.5. The summed E-state index contributed by atoms with van der Waals surface area (Å²) in [5.41, 5.74) is 3.94. The largest absolute Gasteiger partial charge is 0.233 e. The summed E-state index contributed by atoms with van der Waals surface area (Å²) in [6.45, 7) is 6.14. The topological polar surface area (TPSA) is 30.2 Å². The van der Waals surface area contributed by atoms with Crippen molar-refractivity contribution in [1.29, 1.82) is 0 Å². The molecule has 0 aliphatic carbocycles. The number of nitrogens with zero attached hydrogens (tertiary/aromatic N) is 3. The van der Waals surface area contributed by atoms with Crippen LogP contribution in [0.2, 0.25) is 5.15 Å². The molecule has 0 saturated carbocycles. The molecular formula is C11H14ClN3. The zero-order chi connectivity index (χ0) is 11.0. The van der Waals surface area contributed by atoms with Crippen LogP contribution in [0.25, 0.3) is 5.65 Å². The maximum atomic E-state index is 6.28. The van der Waals surface area contributed by atoms with E-state index in [-0.39, 0.29) is 0 Å². The molecule has 0 aliphatic rings. The van der Waals surface area contributed by atoms with Gasteiger partial charge in [-0.3, -0.25) is 0 Å². The van der Waals surface area contributed by atoms with Gasteiger partial charge in [-0.15, -0.1) is 0 Å². The molecule has 0 bridgehead atoms. The fourth-order valence-electron chi connectivity index (χ4n) is 1.73. The predicted octanol–water partition coefficient (Wildman–Crippen LogP) is 2.82. The van der Waals surface area contributed by atoms with Gasteiger partial charge in [0.1, 0.15) is 5.15 Å². The van der Waals surface area contributed by atoms with Crippen LogP contribution in [-0.4, -0.2) is 14.6 Å². The number of halogens is 1. The average Bonchev–Trinajstić information content (AvgIpc) is 2.61. The molecule has 0 atom stereocenters. The van der Waals surface area contributed by atoms with Gasteiger partial charge in [0.25, 0.3) is 0 Å². The van der Waals surface area contributed by atoms with E-state index in [4.69, 9.17) is 11.6 Å². The molecule has 2 rings (SSSR count). The van der Waals surface area contributed by atoms with E-state index >= 15 is 0 Å². The molecule has 2 aromatic heterocycles. The van der Waals surface area contributed by atoms with Gasteiger partial charge in [-0.2, -0.15) is 5.10 Å². The minimum absolute atomic E-state index is 0.694. The third-order valence-corrected chi connectivity index (χ3v) is 3.00. The van der Waals surface area contributed by atoms with Crippen LogP contribution in [0, 0.1) is 6.92 Å². The Morgan fingerprint density at radius 1 is 1.33 bits per heavy atom. The molecule has 0 aromatic carbocycles. The van der Waals surface area contributed by atoms with Crippen LogP contribution in [0.5, 0.6) is 0 Å². The molecular weight excluding hydrogens is 210 g/mol. The summed E-state index contributed by atoms with van der Waals surface area (Å²) < 4.78 is 1.73. The zero-order valence-electron chi connectivity index (χ0n) is 9.21. The van der Waals surface area contributed by atoms with Crippen LogP contribution in [0.3, 0.4) is 0 Å². The molecule has 0 amide bonds. The number of hydrogen-bond acceptors (Lipinski definition) is 2. The lowest BCUT2D eigenvalue weighted by molar-refractivity contribution is 0.862. The SMILES string of the molecule is CCc1cc2nc(C)c(CC)c(Cl)n2n1. The normalized spacial score (nSPS) is 11.2. The van der Waals surface area contributed by atoms with Gasteiger partial charge in [0.05, 0.1) is 5.69 Å². The Balaban J connectivity index is 2.76. The van der Waals surface area contributed by atoms with Crippen LogP contribution in [0.4, 0.5) is 0 Å². The van der Waals surface area contributed by atoms with Crippen LogP contribution < -0.4 is 0 Å². The van der Waals surface area contributed by atoms with E-state index in [1.165, 1.54) is 0 Å². The summed E-state index contributed by atoms with van der Waals surface area (Å²) >= 11 is 6.28. The van der Waals surface area contributed by atoms with Gasteiger partial charge in [-0.05, 0) is 19.8 Å². The molecule has 0 fully saturated rings. The quantitative estimate of drug-likeness (QED) is 0.733. The van der Waals surface area contributed by atoms with Gasteiger partial charge in [0.2, 0.25) is 0 Å². The first-order valence-corrected chi connectivity index (χ1v) is 5.58. The molecule has 0 saturated heterocycles. The van der Waals surface area contributed by atoms with Gasteiger partial charge in [-0.1, -0.05) is 25.4 Å². The molecule has 0 radical (unpaired) electrons. The molecule has 80 valence electrons. The van der Waals surface area contributed by atoms with Crippen molar-refractivity contribution in [2.24, 2.45) is 0 Å². The fourth-order valence-corrected chi connectivity index (χ4v) is 2.13. The number of hydrogen-bond donors (Lipinski definition) is 0. The van der Waals surface area contributed by atoms with Crippen LogP contribution >= 0.6 is 11.6 Å². The van der Waals surface area contributed by atoms with Gasteiger partial charge in [-0.25, -0.2) is 9.50 Å². The number of rotatable bonds is 2. The van der Waals surface area contributed by atoms with Gasteiger partial charge in [0.15, 0.2) is 5.65 Å². The Bertz CT molecular complexity index is 502. The number of fused-ring (bicyclic) bond motifs is 1. The zero-order valence-corrected chi connectivity index (χ0v) is 9.97. The Morgan fingerprint density at radius 3 is 2.67 bits per heavy atom. The van der Waals surface area contributed by atoms with E-state index in [1.807, 2.05) is 13.0 Å². The highest BCUT2D eigenvalue weighted by molar-refractivity contribution is 6.30. The summed E-state index contributed by atoms with van der Waals surface area (Å²) in [7, 11) is 0. The van der Waals surface area contributed by atoms with Gasteiger partial charge >= 0.3 is 0 Å². The molecule has 0 spiro atoms. The standard InChI is InChI=1S/C11H14ClN3/c1-4-8-6-10-13-7(3)9(5-2)11(12)15(10)14-8/h6H,4-5H2,1-3H3. The van der Waals surface area contributed by atoms with E-state index in [2.05, 4.69) is 23.9 Å². The Hall–Kier alpha value is -1.09. The summed E-state index contributed by atoms with van der Waals surface area (Å²) in [5.74, 6) is 0. The van der Waals surface area contributed by atoms with Crippen molar-refractivity contribution in [3.8, 4) is 0 Å². The molecule has 0 unspecified atom stereocenters. The molecule has 0 aliphatic heterocycles. The van der Waals surface area contributed by atoms with Crippen molar-refractivity contribution in [3.05, 3.63) is 28.2 Å². The first-order valence-electron chi connectivity index (χ1n) is 5.21. The monoisotopic (exact) mass is 223 g/mol. The predicted molar refractivity (Wildman–Crippen MR) is 61.5 cm³/mol. The lowest BCUT2D eigenvalue weighted by Gasteiger charge is -2.06. The lowest BCUT2D eigenvalue weighted by Crippen LogP contribution is -2.01. The second-order valence-corrected chi connectivity index (χ2v) is 3.94. The van der Waals surface area contributed by atoms with Gasteiger partial charge < -0.3 is 0 Å². The van der Waals surface area contributed by atoms with E-state index in [0.29, 0.717) is 5.15 Å². The highest BCUT2D eigenvalue weighted by Crippen LogP contribution is 2.21. The summed E-state index contributed by atoms with van der Waals surface area (Å²) in [6.07, 6.45) is 1.79. The summed E-state index contributed by atoms with van der Waals surface area (Å²) in [5, 5.41) is 5.10. The molecule has 2 heterocycles.